The van der Waals surface area contributed by atoms with Gasteiger partial charge in [0.15, 0.2) is 0 Å². The lowest BCUT2D eigenvalue weighted by atomic mass is 10.3. The summed E-state index contributed by atoms with van der Waals surface area (Å²) in [5, 5.41) is 8.00. The molecule has 122 valence electrons. The summed E-state index contributed by atoms with van der Waals surface area (Å²) in [6, 6.07) is 23.5. The largest absolute Gasteiger partial charge is 0.317 e. The van der Waals surface area contributed by atoms with Crippen molar-refractivity contribution < 1.29 is 4.57 Å². The zero-order chi connectivity index (χ0) is 17.0. The molecule has 24 heavy (non-hydrogen) atoms. The molecule has 0 spiro atoms. The topological polar surface area (TPSA) is 41.1 Å². The standard InChI is InChI=1S/C18H15Cl2N2OP/c19-14-6-4-8-16(12-14)21-24(23,18-10-2-1-3-11-18)22-17-9-5-7-15(20)13-17/h1-13H,(H2,21,22,23). The molecule has 0 radical (unpaired) electrons. The summed E-state index contributed by atoms with van der Waals surface area (Å²) in [7, 11) is -3.17. The van der Waals surface area contributed by atoms with Crippen LogP contribution in [0.15, 0.2) is 78.9 Å². The summed E-state index contributed by atoms with van der Waals surface area (Å²) in [6.07, 6.45) is 0. The van der Waals surface area contributed by atoms with Gasteiger partial charge in [-0.2, -0.15) is 0 Å². The molecule has 0 aliphatic heterocycles. The Morgan fingerprint density at radius 3 is 1.62 bits per heavy atom. The van der Waals surface area contributed by atoms with Crippen LogP contribution in [0.4, 0.5) is 11.4 Å². The molecule has 0 aromatic heterocycles. The first kappa shape index (κ1) is 16.9. The molecule has 0 saturated carbocycles. The fourth-order valence-corrected chi connectivity index (χ4v) is 4.57. The molecule has 3 rings (SSSR count). The lowest BCUT2D eigenvalue weighted by Gasteiger charge is -2.23. The van der Waals surface area contributed by atoms with Gasteiger partial charge in [0, 0.05) is 21.4 Å². The predicted octanol–water partition coefficient (Wildman–Crippen LogP) is 6.04. The molecule has 3 nitrogen and oxygen atoms in total. The van der Waals surface area contributed by atoms with E-state index in [2.05, 4.69) is 10.2 Å². The van der Waals surface area contributed by atoms with Gasteiger partial charge in [0.25, 0.3) is 7.44 Å². The van der Waals surface area contributed by atoms with Gasteiger partial charge in [-0.25, -0.2) is 0 Å². The van der Waals surface area contributed by atoms with Gasteiger partial charge in [0.1, 0.15) is 0 Å². The maximum Gasteiger partial charge on any atom is 0.287 e. The highest BCUT2D eigenvalue weighted by Gasteiger charge is 2.25. The molecule has 0 saturated heterocycles. The van der Waals surface area contributed by atoms with Crippen molar-refractivity contribution in [2.75, 3.05) is 10.2 Å². The molecule has 0 amide bonds. The van der Waals surface area contributed by atoms with Crippen LogP contribution in [-0.4, -0.2) is 0 Å². The highest BCUT2D eigenvalue weighted by atomic mass is 35.5. The lowest BCUT2D eigenvalue weighted by molar-refractivity contribution is 0.587. The van der Waals surface area contributed by atoms with Gasteiger partial charge in [-0.3, -0.25) is 4.57 Å². The number of benzene rings is 3. The molecule has 0 unspecified atom stereocenters. The maximum absolute atomic E-state index is 13.7. The molecule has 0 atom stereocenters. The van der Waals surface area contributed by atoms with Crippen molar-refractivity contribution in [1.29, 1.82) is 0 Å². The molecule has 2 N–H and O–H groups in total. The minimum absolute atomic E-state index is 0.572. The maximum atomic E-state index is 13.7. The lowest BCUT2D eigenvalue weighted by Crippen LogP contribution is -2.18. The zero-order valence-electron chi connectivity index (χ0n) is 12.6. The van der Waals surface area contributed by atoms with E-state index in [1.165, 1.54) is 0 Å². The fourth-order valence-electron chi connectivity index (χ4n) is 2.27. The van der Waals surface area contributed by atoms with Crippen LogP contribution in [-0.2, 0) is 4.57 Å². The second-order valence-corrected chi connectivity index (χ2v) is 8.24. The molecule has 0 aliphatic carbocycles. The number of halogens is 2. The SMILES string of the molecule is O=P(Nc1cccc(Cl)c1)(Nc1cccc(Cl)c1)c1ccccc1. The summed E-state index contributed by atoms with van der Waals surface area (Å²) in [4.78, 5) is 0. The summed E-state index contributed by atoms with van der Waals surface area (Å²) < 4.78 is 13.7. The average Bonchev–Trinajstić information content (AvgIpc) is 2.55. The first-order chi connectivity index (χ1) is 11.5. The average molecular weight is 377 g/mol. The third-order valence-electron chi connectivity index (χ3n) is 3.34. The van der Waals surface area contributed by atoms with Crippen LogP contribution in [0.5, 0.6) is 0 Å². The Balaban J connectivity index is 1.99. The molecule has 0 bridgehead atoms. The van der Waals surface area contributed by atoms with Crippen molar-refractivity contribution in [2.24, 2.45) is 0 Å². The minimum Gasteiger partial charge on any atom is -0.317 e. The number of rotatable bonds is 5. The van der Waals surface area contributed by atoms with E-state index < -0.39 is 7.44 Å². The Morgan fingerprint density at radius 2 is 1.17 bits per heavy atom. The Morgan fingerprint density at radius 1 is 0.667 bits per heavy atom. The number of anilines is 2. The van der Waals surface area contributed by atoms with Crippen molar-refractivity contribution in [3.8, 4) is 0 Å². The quantitative estimate of drug-likeness (QED) is 0.533. The van der Waals surface area contributed by atoms with Gasteiger partial charge < -0.3 is 10.2 Å². The van der Waals surface area contributed by atoms with Crippen molar-refractivity contribution in [3.63, 3.8) is 0 Å². The normalized spacial score (nSPS) is 11.1. The third-order valence-corrected chi connectivity index (χ3v) is 5.98. The predicted molar refractivity (Wildman–Crippen MR) is 104 cm³/mol. The molecule has 6 heteroatoms. The molecule has 3 aromatic rings. The van der Waals surface area contributed by atoms with Gasteiger partial charge in [-0.15, -0.1) is 0 Å². The summed E-state index contributed by atoms with van der Waals surface area (Å²) in [6.45, 7) is 0. The van der Waals surface area contributed by atoms with E-state index in [4.69, 9.17) is 23.2 Å². The van der Waals surface area contributed by atoms with Gasteiger partial charge in [0.2, 0.25) is 0 Å². The third kappa shape index (κ3) is 4.12. The molecule has 0 aliphatic rings. The van der Waals surface area contributed by atoms with Crippen LogP contribution < -0.4 is 15.5 Å². The molecule has 0 heterocycles. The van der Waals surface area contributed by atoms with Crippen LogP contribution >= 0.6 is 30.6 Å². The van der Waals surface area contributed by atoms with E-state index in [0.717, 1.165) is 0 Å². The van der Waals surface area contributed by atoms with Crippen molar-refractivity contribution in [2.45, 2.75) is 0 Å². The highest BCUT2D eigenvalue weighted by Crippen LogP contribution is 2.45. The zero-order valence-corrected chi connectivity index (χ0v) is 15.0. The van der Waals surface area contributed by atoms with E-state index in [1.807, 2.05) is 42.5 Å². The first-order valence-corrected chi connectivity index (χ1v) is 9.75. The van der Waals surface area contributed by atoms with Gasteiger partial charge in [-0.05, 0) is 48.5 Å². The van der Waals surface area contributed by atoms with Crippen LogP contribution in [0, 0.1) is 0 Å². The van der Waals surface area contributed by atoms with Gasteiger partial charge in [0.05, 0.1) is 5.30 Å². The molecular weight excluding hydrogens is 362 g/mol. The smallest absolute Gasteiger partial charge is 0.287 e. The second-order valence-electron chi connectivity index (χ2n) is 5.19. The number of nitrogens with one attached hydrogen (secondary N) is 2. The van der Waals surface area contributed by atoms with Crippen LogP contribution in [0.1, 0.15) is 0 Å². The van der Waals surface area contributed by atoms with Crippen LogP contribution in [0.2, 0.25) is 10.0 Å². The molecule has 3 aromatic carbocycles. The Labute approximate surface area is 151 Å². The summed E-state index contributed by atoms with van der Waals surface area (Å²) in [5.41, 5.74) is 1.34. The van der Waals surface area contributed by atoms with E-state index in [0.29, 0.717) is 26.7 Å². The van der Waals surface area contributed by atoms with Gasteiger partial charge in [-0.1, -0.05) is 53.5 Å². The number of hydrogen-bond donors (Lipinski definition) is 2. The van der Waals surface area contributed by atoms with E-state index in [9.17, 15) is 4.57 Å². The monoisotopic (exact) mass is 376 g/mol. The molecular formula is C18H15Cl2N2OP. The summed E-state index contributed by atoms with van der Waals surface area (Å²) >= 11 is 12.1. The van der Waals surface area contributed by atoms with Crippen LogP contribution in [0.3, 0.4) is 0 Å². The highest BCUT2D eigenvalue weighted by molar-refractivity contribution is 7.74. The van der Waals surface area contributed by atoms with E-state index >= 15 is 0 Å². The first-order valence-electron chi connectivity index (χ1n) is 7.28. The Bertz CT molecular complexity index is 835. The van der Waals surface area contributed by atoms with Crippen molar-refractivity contribution >= 4 is 47.3 Å². The van der Waals surface area contributed by atoms with Crippen molar-refractivity contribution in [1.82, 2.24) is 0 Å². The van der Waals surface area contributed by atoms with Crippen LogP contribution in [0.25, 0.3) is 0 Å². The summed E-state index contributed by atoms with van der Waals surface area (Å²) in [5.74, 6) is 0. The minimum atomic E-state index is -3.17. The number of hydrogen-bond acceptors (Lipinski definition) is 1. The second kappa shape index (κ2) is 7.31. The molecule has 0 fully saturated rings. The fraction of sp³-hybridized carbons (Fsp3) is 0. The van der Waals surface area contributed by atoms with Gasteiger partial charge >= 0.3 is 0 Å². The van der Waals surface area contributed by atoms with E-state index in [1.54, 1.807) is 36.4 Å². The van der Waals surface area contributed by atoms with E-state index in [-0.39, 0.29) is 0 Å². The van der Waals surface area contributed by atoms with Crippen molar-refractivity contribution in [3.05, 3.63) is 88.9 Å². The Kier molecular flexibility index (Phi) is 5.15. The Hall–Kier alpha value is -1.93.